The van der Waals surface area contributed by atoms with E-state index in [9.17, 15) is 0 Å². The van der Waals surface area contributed by atoms with E-state index in [1.54, 1.807) is 13.3 Å². The minimum Gasteiger partial charge on any atom is -0.497 e. The summed E-state index contributed by atoms with van der Waals surface area (Å²) in [4.78, 5) is 6.87. The largest absolute Gasteiger partial charge is 0.497 e. The fourth-order valence-corrected chi connectivity index (χ4v) is 3.47. The van der Waals surface area contributed by atoms with Gasteiger partial charge in [-0.2, -0.15) is 0 Å². The average molecular weight is 370 g/mol. The van der Waals surface area contributed by atoms with E-state index >= 15 is 0 Å². The molecule has 0 unspecified atom stereocenters. The van der Waals surface area contributed by atoms with Crippen LogP contribution in [0.1, 0.15) is 37.9 Å². The van der Waals surface area contributed by atoms with Crippen molar-refractivity contribution in [1.82, 2.24) is 15.2 Å². The number of rotatable bonds is 8. The Kier molecular flexibility index (Phi) is 7.07. The van der Waals surface area contributed by atoms with E-state index in [0.717, 1.165) is 42.4 Å². The van der Waals surface area contributed by atoms with Crippen molar-refractivity contribution in [2.24, 2.45) is 0 Å². The maximum Gasteiger partial charge on any atom is 0.130 e. The molecule has 27 heavy (non-hydrogen) atoms. The van der Waals surface area contributed by atoms with Crippen LogP contribution in [0.3, 0.4) is 0 Å². The monoisotopic (exact) mass is 369 g/mol. The minimum absolute atomic E-state index is 0.465. The number of hydrogen-bond acceptors (Lipinski definition) is 5. The van der Waals surface area contributed by atoms with Crippen LogP contribution in [0.25, 0.3) is 0 Å². The number of hydrogen-bond donors (Lipinski definition) is 1. The van der Waals surface area contributed by atoms with Crippen molar-refractivity contribution < 1.29 is 9.47 Å². The lowest BCUT2D eigenvalue weighted by molar-refractivity contribution is 0.160. The predicted molar refractivity (Wildman–Crippen MR) is 108 cm³/mol. The van der Waals surface area contributed by atoms with Gasteiger partial charge in [-0.3, -0.25) is 4.98 Å². The first-order valence-electron chi connectivity index (χ1n) is 9.82. The van der Waals surface area contributed by atoms with Gasteiger partial charge in [-0.25, -0.2) is 0 Å². The summed E-state index contributed by atoms with van der Waals surface area (Å²) < 4.78 is 11.4. The number of piperidine rings is 1. The average Bonchev–Trinajstić information content (AvgIpc) is 2.72. The Hall–Kier alpha value is -2.11. The fraction of sp³-hybridized carbons (Fsp3) is 0.500. The van der Waals surface area contributed by atoms with Crippen molar-refractivity contribution >= 4 is 0 Å². The van der Waals surface area contributed by atoms with Crippen LogP contribution in [-0.2, 0) is 13.2 Å². The zero-order chi connectivity index (χ0) is 19.1. The smallest absolute Gasteiger partial charge is 0.130 e. The van der Waals surface area contributed by atoms with Crippen LogP contribution in [0.15, 0.2) is 42.6 Å². The highest BCUT2D eigenvalue weighted by Crippen LogP contribution is 2.25. The van der Waals surface area contributed by atoms with Crippen LogP contribution in [0.5, 0.6) is 11.5 Å². The van der Waals surface area contributed by atoms with Crippen LogP contribution in [0.4, 0.5) is 0 Å². The zero-order valence-corrected chi connectivity index (χ0v) is 16.6. The number of benzene rings is 1. The van der Waals surface area contributed by atoms with Gasteiger partial charge in [-0.15, -0.1) is 0 Å². The molecule has 1 fully saturated rings. The number of methoxy groups -OCH3 is 1. The van der Waals surface area contributed by atoms with Gasteiger partial charge in [0.25, 0.3) is 0 Å². The highest BCUT2D eigenvalue weighted by molar-refractivity contribution is 5.40. The first-order chi connectivity index (χ1) is 13.2. The number of nitrogens with one attached hydrogen (secondary N) is 1. The Balaban J connectivity index is 1.59. The van der Waals surface area contributed by atoms with Crippen LogP contribution < -0.4 is 14.8 Å². The Morgan fingerprint density at radius 3 is 2.67 bits per heavy atom. The van der Waals surface area contributed by atoms with Crippen molar-refractivity contribution in [2.45, 2.75) is 51.9 Å². The number of pyridine rings is 1. The molecule has 0 radical (unpaired) electrons. The highest BCUT2D eigenvalue weighted by Gasteiger charge is 2.20. The summed E-state index contributed by atoms with van der Waals surface area (Å²) in [5.41, 5.74) is 2.05. The summed E-state index contributed by atoms with van der Waals surface area (Å²) in [6.07, 6.45) is 4.16. The third-order valence-corrected chi connectivity index (χ3v) is 5.21. The van der Waals surface area contributed by atoms with E-state index in [-0.39, 0.29) is 0 Å². The van der Waals surface area contributed by atoms with Gasteiger partial charge in [0.1, 0.15) is 18.1 Å². The van der Waals surface area contributed by atoms with E-state index < -0.39 is 0 Å². The lowest BCUT2D eigenvalue weighted by Gasteiger charge is -2.35. The molecule has 5 nitrogen and oxygen atoms in total. The molecule has 0 atom stereocenters. The van der Waals surface area contributed by atoms with Gasteiger partial charge in [0, 0.05) is 30.4 Å². The van der Waals surface area contributed by atoms with E-state index in [4.69, 9.17) is 9.47 Å². The van der Waals surface area contributed by atoms with Crippen LogP contribution >= 0.6 is 0 Å². The Morgan fingerprint density at radius 1 is 1.19 bits per heavy atom. The fourth-order valence-electron chi connectivity index (χ4n) is 3.47. The second-order valence-corrected chi connectivity index (χ2v) is 7.37. The predicted octanol–water partition coefficient (Wildman–Crippen LogP) is 3.63. The molecule has 1 aromatic heterocycles. The SMILES string of the molecule is COc1ccc(OCc2ccccn2)c(CNC2CCN(C(C)C)CC2)c1. The van der Waals surface area contributed by atoms with Gasteiger partial charge in [0.05, 0.1) is 12.8 Å². The van der Waals surface area contributed by atoms with E-state index in [0.29, 0.717) is 18.7 Å². The molecule has 2 heterocycles. The van der Waals surface area contributed by atoms with E-state index in [2.05, 4.69) is 35.1 Å². The molecule has 0 bridgehead atoms. The zero-order valence-electron chi connectivity index (χ0n) is 16.6. The van der Waals surface area contributed by atoms with Crippen LogP contribution in [0, 0.1) is 0 Å². The van der Waals surface area contributed by atoms with E-state index in [1.165, 1.54) is 12.8 Å². The first kappa shape index (κ1) is 19.6. The van der Waals surface area contributed by atoms with Crippen molar-refractivity contribution in [3.8, 4) is 11.5 Å². The maximum atomic E-state index is 6.04. The van der Waals surface area contributed by atoms with Gasteiger partial charge in [-0.05, 0) is 70.1 Å². The Labute approximate surface area is 162 Å². The Bertz CT molecular complexity index is 698. The van der Waals surface area contributed by atoms with Crippen molar-refractivity contribution in [3.05, 3.63) is 53.9 Å². The summed E-state index contributed by atoms with van der Waals surface area (Å²) in [5.74, 6) is 1.74. The molecule has 1 N–H and O–H groups in total. The van der Waals surface area contributed by atoms with Gasteiger partial charge in [0.15, 0.2) is 0 Å². The molecule has 3 rings (SSSR count). The molecular weight excluding hydrogens is 338 g/mol. The lowest BCUT2D eigenvalue weighted by atomic mass is 10.0. The van der Waals surface area contributed by atoms with Gasteiger partial charge in [-0.1, -0.05) is 6.07 Å². The highest BCUT2D eigenvalue weighted by atomic mass is 16.5. The number of likely N-dealkylation sites (tertiary alicyclic amines) is 1. The molecular formula is C22H31N3O2. The molecule has 0 saturated carbocycles. The molecule has 5 heteroatoms. The standard InChI is InChI=1S/C22H31N3O2/c1-17(2)25-12-9-19(10-13-25)24-15-18-14-21(26-3)7-8-22(18)27-16-20-6-4-5-11-23-20/h4-8,11,14,17,19,24H,9-10,12-13,15-16H2,1-3H3. The van der Waals surface area contributed by atoms with Crippen molar-refractivity contribution in [2.75, 3.05) is 20.2 Å². The number of ether oxygens (including phenoxy) is 2. The van der Waals surface area contributed by atoms with Gasteiger partial charge >= 0.3 is 0 Å². The number of nitrogens with zero attached hydrogens (tertiary/aromatic N) is 2. The summed E-state index contributed by atoms with van der Waals surface area (Å²) in [6.45, 7) is 8.12. The van der Waals surface area contributed by atoms with Crippen LogP contribution in [-0.4, -0.2) is 42.2 Å². The lowest BCUT2D eigenvalue weighted by Crippen LogP contribution is -2.44. The first-order valence-corrected chi connectivity index (χ1v) is 9.82. The minimum atomic E-state index is 0.465. The van der Waals surface area contributed by atoms with Gasteiger partial charge < -0.3 is 19.7 Å². The number of aromatic nitrogens is 1. The third-order valence-electron chi connectivity index (χ3n) is 5.21. The molecule has 0 amide bonds. The second-order valence-electron chi connectivity index (χ2n) is 7.37. The third kappa shape index (κ3) is 5.68. The summed E-state index contributed by atoms with van der Waals surface area (Å²) >= 11 is 0. The summed E-state index contributed by atoms with van der Waals surface area (Å²) in [5, 5.41) is 3.71. The molecule has 1 aromatic carbocycles. The molecule has 146 valence electrons. The second kappa shape index (κ2) is 9.72. The molecule has 0 spiro atoms. The molecule has 1 aliphatic rings. The Morgan fingerprint density at radius 2 is 2.00 bits per heavy atom. The van der Waals surface area contributed by atoms with Gasteiger partial charge in [0.2, 0.25) is 0 Å². The molecule has 1 saturated heterocycles. The van der Waals surface area contributed by atoms with Crippen molar-refractivity contribution in [1.29, 1.82) is 0 Å². The quantitative estimate of drug-likeness (QED) is 0.770. The molecule has 0 aliphatic carbocycles. The van der Waals surface area contributed by atoms with Crippen LogP contribution in [0.2, 0.25) is 0 Å². The maximum absolute atomic E-state index is 6.04. The normalized spacial score (nSPS) is 15.9. The molecule has 1 aliphatic heterocycles. The van der Waals surface area contributed by atoms with Crippen molar-refractivity contribution in [3.63, 3.8) is 0 Å². The summed E-state index contributed by atoms with van der Waals surface area (Å²) in [6, 6.07) is 13.0. The topological polar surface area (TPSA) is 46.6 Å². The summed E-state index contributed by atoms with van der Waals surface area (Å²) in [7, 11) is 1.70. The molecule has 2 aromatic rings. The van der Waals surface area contributed by atoms with E-state index in [1.807, 2.05) is 30.3 Å².